The van der Waals surface area contributed by atoms with Gasteiger partial charge in [0, 0.05) is 18.3 Å². The Balaban J connectivity index is 2.14. The first-order valence-electron chi connectivity index (χ1n) is 5.48. The van der Waals surface area contributed by atoms with Crippen LogP contribution in [0.15, 0.2) is 52.1 Å². The SMILES string of the molecule is C[C@@H](N=Cc1cccc([N+](=O)[O-])c1)c1ccco1. The van der Waals surface area contributed by atoms with E-state index in [1.807, 2.05) is 13.0 Å². The van der Waals surface area contributed by atoms with Gasteiger partial charge in [-0.15, -0.1) is 0 Å². The molecule has 0 saturated carbocycles. The molecule has 18 heavy (non-hydrogen) atoms. The molecule has 5 heteroatoms. The van der Waals surface area contributed by atoms with Crippen LogP contribution in [0.3, 0.4) is 0 Å². The highest BCUT2D eigenvalue weighted by molar-refractivity contribution is 5.80. The number of hydrogen-bond donors (Lipinski definition) is 0. The Hall–Kier alpha value is -2.43. The third-order valence-electron chi connectivity index (χ3n) is 2.48. The molecule has 0 N–H and O–H groups in total. The Kier molecular flexibility index (Phi) is 3.52. The maximum Gasteiger partial charge on any atom is 0.270 e. The summed E-state index contributed by atoms with van der Waals surface area (Å²) < 4.78 is 5.22. The van der Waals surface area contributed by atoms with Gasteiger partial charge in [0.1, 0.15) is 11.8 Å². The second-order valence-electron chi connectivity index (χ2n) is 3.82. The Morgan fingerprint density at radius 1 is 1.39 bits per heavy atom. The summed E-state index contributed by atoms with van der Waals surface area (Å²) in [5.74, 6) is 0.761. The summed E-state index contributed by atoms with van der Waals surface area (Å²) in [5.41, 5.74) is 0.757. The molecule has 0 aliphatic rings. The summed E-state index contributed by atoms with van der Waals surface area (Å²) in [6.07, 6.45) is 3.20. The number of hydrogen-bond acceptors (Lipinski definition) is 4. The van der Waals surface area contributed by atoms with Crippen LogP contribution in [0.5, 0.6) is 0 Å². The van der Waals surface area contributed by atoms with Gasteiger partial charge in [-0.05, 0) is 24.6 Å². The molecule has 0 radical (unpaired) electrons. The van der Waals surface area contributed by atoms with Gasteiger partial charge in [-0.3, -0.25) is 15.1 Å². The lowest BCUT2D eigenvalue weighted by Crippen LogP contribution is -1.91. The first kappa shape index (κ1) is 12.0. The van der Waals surface area contributed by atoms with Crippen LogP contribution in [0.1, 0.15) is 24.3 Å². The minimum atomic E-state index is -0.423. The molecule has 0 amide bonds. The number of nitro groups is 1. The fraction of sp³-hybridized carbons (Fsp3) is 0.154. The van der Waals surface area contributed by atoms with Crippen molar-refractivity contribution in [3.63, 3.8) is 0 Å². The lowest BCUT2D eigenvalue weighted by Gasteiger charge is -2.01. The third-order valence-corrected chi connectivity index (χ3v) is 2.48. The van der Waals surface area contributed by atoms with Crippen LogP contribution in [0.2, 0.25) is 0 Å². The molecule has 92 valence electrons. The summed E-state index contributed by atoms with van der Waals surface area (Å²) in [5, 5.41) is 10.6. The summed E-state index contributed by atoms with van der Waals surface area (Å²) in [6.45, 7) is 1.90. The minimum Gasteiger partial charge on any atom is -0.467 e. The second-order valence-corrected chi connectivity index (χ2v) is 3.82. The first-order chi connectivity index (χ1) is 8.66. The van der Waals surface area contributed by atoms with E-state index in [1.54, 1.807) is 30.7 Å². The monoisotopic (exact) mass is 244 g/mol. The Labute approximate surface area is 104 Å². The Morgan fingerprint density at radius 2 is 2.22 bits per heavy atom. The van der Waals surface area contributed by atoms with Crippen LogP contribution in [-0.4, -0.2) is 11.1 Å². The molecule has 0 aliphatic carbocycles. The average Bonchev–Trinajstić information content (AvgIpc) is 2.90. The Morgan fingerprint density at radius 3 is 2.89 bits per heavy atom. The molecule has 0 spiro atoms. The number of benzene rings is 1. The molecule has 0 unspecified atom stereocenters. The second kappa shape index (κ2) is 5.27. The van der Waals surface area contributed by atoms with E-state index in [0.29, 0.717) is 5.56 Å². The smallest absolute Gasteiger partial charge is 0.270 e. The molecule has 2 rings (SSSR count). The third kappa shape index (κ3) is 2.82. The van der Waals surface area contributed by atoms with E-state index in [2.05, 4.69) is 4.99 Å². The van der Waals surface area contributed by atoms with E-state index < -0.39 is 4.92 Å². The predicted octanol–water partition coefficient (Wildman–Crippen LogP) is 3.37. The lowest BCUT2D eigenvalue weighted by molar-refractivity contribution is -0.384. The van der Waals surface area contributed by atoms with Gasteiger partial charge in [-0.2, -0.15) is 0 Å². The largest absolute Gasteiger partial charge is 0.467 e. The molecule has 5 nitrogen and oxygen atoms in total. The molecule has 2 aromatic rings. The van der Waals surface area contributed by atoms with Crippen molar-refractivity contribution in [1.29, 1.82) is 0 Å². The average molecular weight is 244 g/mol. The van der Waals surface area contributed by atoms with Crippen molar-refractivity contribution in [2.45, 2.75) is 13.0 Å². The maximum absolute atomic E-state index is 10.6. The molecule has 0 aliphatic heterocycles. The van der Waals surface area contributed by atoms with Gasteiger partial charge in [0.25, 0.3) is 5.69 Å². The molecule has 1 aromatic carbocycles. The summed E-state index contributed by atoms with van der Waals surface area (Å²) in [7, 11) is 0. The van der Waals surface area contributed by atoms with Gasteiger partial charge in [0.05, 0.1) is 11.2 Å². The van der Waals surface area contributed by atoms with E-state index in [1.165, 1.54) is 12.1 Å². The summed E-state index contributed by atoms with van der Waals surface area (Å²) in [6, 6.07) is 9.87. The normalized spacial score (nSPS) is 12.7. The predicted molar refractivity (Wildman–Crippen MR) is 67.8 cm³/mol. The van der Waals surface area contributed by atoms with Crippen LogP contribution in [0, 0.1) is 10.1 Å². The standard InChI is InChI=1S/C13H12N2O3/c1-10(13-6-3-7-18-13)14-9-11-4-2-5-12(8-11)15(16)17/h2-10H,1H3/t10-/m1/s1. The van der Waals surface area contributed by atoms with E-state index in [4.69, 9.17) is 4.42 Å². The highest BCUT2D eigenvalue weighted by atomic mass is 16.6. The highest BCUT2D eigenvalue weighted by Gasteiger charge is 2.06. The van der Waals surface area contributed by atoms with Crippen molar-refractivity contribution in [2.24, 2.45) is 4.99 Å². The maximum atomic E-state index is 10.6. The van der Waals surface area contributed by atoms with Gasteiger partial charge >= 0.3 is 0 Å². The zero-order valence-electron chi connectivity index (χ0n) is 9.82. The molecule has 1 heterocycles. The number of rotatable bonds is 4. The number of furan rings is 1. The first-order valence-corrected chi connectivity index (χ1v) is 5.48. The highest BCUT2D eigenvalue weighted by Crippen LogP contribution is 2.17. The van der Waals surface area contributed by atoms with Crippen molar-refractivity contribution in [3.8, 4) is 0 Å². The van der Waals surface area contributed by atoms with Crippen LogP contribution in [0.4, 0.5) is 5.69 Å². The molecule has 0 saturated heterocycles. The number of nitrogens with zero attached hydrogens (tertiary/aromatic N) is 2. The summed E-state index contributed by atoms with van der Waals surface area (Å²) in [4.78, 5) is 14.5. The molecule has 0 fully saturated rings. The fourth-order valence-electron chi connectivity index (χ4n) is 1.52. The van der Waals surface area contributed by atoms with Gasteiger partial charge in [0.2, 0.25) is 0 Å². The van der Waals surface area contributed by atoms with Crippen LogP contribution in [0.25, 0.3) is 0 Å². The molecule has 1 aromatic heterocycles. The fourth-order valence-corrected chi connectivity index (χ4v) is 1.52. The quantitative estimate of drug-likeness (QED) is 0.470. The number of aliphatic imine (C=N–C) groups is 1. The van der Waals surface area contributed by atoms with E-state index in [9.17, 15) is 10.1 Å². The zero-order chi connectivity index (χ0) is 13.0. The van der Waals surface area contributed by atoms with Gasteiger partial charge in [0.15, 0.2) is 0 Å². The summed E-state index contributed by atoms with van der Waals surface area (Å²) >= 11 is 0. The number of nitro benzene ring substituents is 1. The van der Waals surface area contributed by atoms with Crippen LogP contribution < -0.4 is 0 Å². The zero-order valence-corrected chi connectivity index (χ0v) is 9.82. The minimum absolute atomic E-state index is 0.0598. The Bertz CT molecular complexity index is 561. The van der Waals surface area contributed by atoms with E-state index >= 15 is 0 Å². The van der Waals surface area contributed by atoms with Crippen molar-refractivity contribution in [3.05, 3.63) is 64.1 Å². The molecule has 1 atom stereocenters. The number of non-ortho nitro benzene ring substituents is 1. The van der Waals surface area contributed by atoms with E-state index in [0.717, 1.165) is 5.76 Å². The van der Waals surface area contributed by atoms with Crippen molar-refractivity contribution in [1.82, 2.24) is 0 Å². The van der Waals surface area contributed by atoms with Crippen molar-refractivity contribution >= 4 is 11.9 Å². The van der Waals surface area contributed by atoms with Crippen molar-refractivity contribution in [2.75, 3.05) is 0 Å². The molecular weight excluding hydrogens is 232 g/mol. The molecular formula is C13H12N2O3. The van der Waals surface area contributed by atoms with Crippen molar-refractivity contribution < 1.29 is 9.34 Å². The topological polar surface area (TPSA) is 68.6 Å². The van der Waals surface area contributed by atoms with Gasteiger partial charge < -0.3 is 4.42 Å². The van der Waals surface area contributed by atoms with Crippen LogP contribution in [-0.2, 0) is 0 Å². The van der Waals surface area contributed by atoms with Gasteiger partial charge in [-0.1, -0.05) is 12.1 Å². The lowest BCUT2D eigenvalue weighted by atomic mass is 10.2. The van der Waals surface area contributed by atoms with Gasteiger partial charge in [-0.25, -0.2) is 0 Å². The van der Waals surface area contributed by atoms with Crippen LogP contribution >= 0.6 is 0 Å². The molecule has 0 bridgehead atoms. The van der Waals surface area contributed by atoms with E-state index in [-0.39, 0.29) is 11.7 Å².